The molecule has 2 N–H and O–H groups in total. The van der Waals surface area contributed by atoms with Crippen LogP contribution in [-0.4, -0.2) is 4.98 Å². The molecular weight excluding hydrogens is 231 g/mol. The van der Waals surface area contributed by atoms with Gasteiger partial charge in [-0.05, 0) is 44.2 Å². The molecule has 0 radical (unpaired) electrons. The number of hydrogen-bond acceptors (Lipinski definition) is 3. The lowest BCUT2D eigenvalue weighted by Gasteiger charge is -2.14. The molecule has 94 valence electrons. The van der Waals surface area contributed by atoms with Gasteiger partial charge in [-0.3, -0.25) is 4.98 Å². The van der Waals surface area contributed by atoms with Crippen LogP contribution in [0.4, 0.5) is 4.39 Å². The Morgan fingerprint density at radius 1 is 1.28 bits per heavy atom. The number of aromatic nitrogens is 1. The third kappa shape index (κ3) is 2.65. The van der Waals surface area contributed by atoms with Gasteiger partial charge in [-0.2, -0.15) is 0 Å². The van der Waals surface area contributed by atoms with E-state index in [0.717, 1.165) is 5.69 Å². The summed E-state index contributed by atoms with van der Waals surface area (Å²) in [5.41, 5.74) is 7.23. The van der Waals surface area contributed by atoms with E-state index in [1.807, 2.05) is 13.0 Å². The number of halogens is 1. The summed E-state index contributed by atoms with van der Waals surface area (Å²) in [5.74, 6) is 0.881. The molecule has 0 aliphatic carbocycles. The normalized spacial score (nSPS) is 12.2. The topological polar surface area (TPSA) is 48.1 Å². The summed E-state index contributed by atoms with van der Waals surface area (Å²) < 4.78 is 18.9. The summed E-state index contributed by atoms with van der Waals surface area (Å²) in [7, 11) is 0. The molecule has 0 aliphatic rings. The second-order valence-electron chi connectivity index (χ2n) is 4.16. The summed E-state index contributed by atoms with van der Waals surface area (Å²) in [6.07, 6.45) is 1.69. The van der Waals surface area contributed by atoms with Gasteiger partial charge in [0.2, 0.25) is 0 Å². The molecule has 1 aromatic carbocycles. The third-order valence-corrected chi connectivity index (χ3v) is 2.64. The highest BCUT2D eigenvalue weighted by Gasteiger charge is 2.11. The molecule has 4 heteroatoms. The fourth-order valence-electron chi connectivity index (χ4n) is 1.66. The van der Waals surface area contributed by atoms with E-state index in [9.17, 15) is 4.39 Å². The van der Waals surface area contributed by atoms with E-state index in [0.29, 0.717) is 17.1 Å². The molecule has 0 fully saturated rings. The maximum Gasteiger partial charge on any atom is 0.148 e. The van der Waals surface area contributed by atoms with E-state index >= 15 is 0 Å². The lowest BCUT2D eigenvalue weighted by atomic mass is 10.1. The van der Waals surface area contributed by atoms with Crippen LogP contribution in [0.15, 0.2) is 36.5 Å². The van der Waals surface area contributed by atoms with Crippen molar-refractivity contribution in [1.29, 1.82) is 0 Å². The Balaban J connectivity index is 2.37. The van der Waals surface area contributed by atoms with Crippen molar-refractivity contribution in [2.45, 2.75) is 19.9 Å². The Morgan fingerprint density at radius 3 is 2.72 bits per heavy atom. The van der Waals surface area contributed by atoms with E-state index in [1.54, 1.807) is 25.3 Å². The molecule has 0 aliphatic heterocycles. The number of nitrogens with zero attached hydrogens (tertiary/aromatic N) is 1. The first-order valence-corrected chi connectivity index (χ1v) is 5.72. The molecule has 0 spiro atoms. The number of ether oxygens (including phenoxy) is 1. The number of aryl methyl sites for hydroxylation is 1. The first-order valence-electron chi connectivity index (χ1n) is 5.72. The monoisotopic (exact) mass is 246 g/mol. The summed E-state index contributed by atoms with van der Waals surface area (Å²) in [5, 5.41) is 0. The fraction of sp³-hybridized carbons (Fsp3) is 0.214. The highest BCUT2D eigenvalue weighted by molar-refractivity contribution is 5.40. The van der Waals surface area contributed by atoms with Crippen molar-refractivity contribution in [3.8, 4) is 11.5 Å². The van der Waals surface area contributed by atoms with Crippen molar-refractivity contribution in [2.75, 3.05) is 0 Å². The predicted molar refractivity (Wildman–Crippen MR) is 68.1 cm³/mol. The van der Waals surface area contributed by atoms with Gasteiger partial charge < -0.3 is 10.5 Å². The molecule has 1 unspecified atom stereocenters. The Labute approximate surface area is 105 Å². The van der Waals surface area contributed by atoms with Gasteiger partial charge >= 0.3 is 0 Å². The average molecular weight is 246 g/mol. The van der Waals surface area contributed by atoms with Gasteiger partial charge in [0.1, 0.15) is 17.3 Å². The van der Waals surface area contributed by atoms with Gasteiger partial charge in [-0.15, -0.1) is 0 Å². The number of rotatable bonds is 3. The van der Waals surface area contributed by atoms with Crippen molar-refractivity contribution in [1.82, 2.24) is 4.98 Å². The van der Waals surface area contributed by atoms with Crippen molar-refractivity contribution < 1.29 is 9.13 Å². The van der Waals surface area contributed by atoms with Crippen LogP contribution in [-0.2, 0) is 0 Å². The quantitative estimate of drug-likeness (QED) is 0.903. The van der Waals surface area contributed by atoms with Crippen LogP contribution in [0.25, 0.3) is 0 Å². The molecular formula is C14H15FN2O. The van der Waals surface area contributed by atoms with Crippen molar-refractivity contribution in [3.05, 3.63) is 53.6 Å². The van der Waals surface area contributed by atoms with E-state index in [1.165, 1.54) is 12.1 Å². The van der Waals surface area contributed by atoms with E-state index in [4.69, 9.17) is 10.5 Å². The molecule has 2 rings (SSSR count). The highest BCUT2D eigenvalue weighted by Crippen LogP contribution is 2.30. The van der Waals surface area contributed by atoms with Gasteiger partial charge in [0.15, 0.2) is 0 Å². The van der Waals surface area contributed by atoms with E-state index in [2.05, 4.69) is 4.98 Å². The zero-order valence-electron chi connectivity index (χ0n) is 10.4. The van der Waals surface area contributed by atoms with Crippen LogP contribution < -0.4 is 10.5 Å². The van der Waals surface area contributed by atoms with Crippen LogP contribution in [0.1, 0.15) is 24.2 Å². The largest absolute Gasteiger partial charge is 0.455 e. The van der Waals surface area contributed by atoms with Gasteiger partial charge in [0, 0.05) is 17.8 Å². The second-order valence-corrected chi connectivity index (χ2v) is 4.16. The van der Waals surface area contributed by atoms with Gasteiger partial charge in [0.05, 0.1) is 5.69 Å². The molecule has 1 aromatic heterocycles. The van der Waals surface area contributed by atoms with E-state index < -0.39 is 0 Å². The Bertz CT molecular complexity index is 555. The summed E-state index contributed by atoms with van der Waals surface area (Å²) in [4.78, 5) is 4.14. The van der Waals surface area contributed by atoms with Gasteiger partial charge in [-0.25, -0.2) is 4.39 Å². The number of benzene rings is 1. The molecule has 18 heavy (non-hydrogen) atoms. The molecule has 0 saturated carbocycles. The molecule has 1 heterocycles. The standard InChI is InChI=1S/C14H15FN2O/c1-9(16)12-8-11(15)5-6-14(12)18-13-4-3-7-17-10(13)2/h3-9H,16H2,1-2H3. The minimum absolute atomic E-state index is 0.298. The zero-order valence-corrected chi connectivity index (χ0v) is 10.4. The number of nitrogens with two attached hydrogens (primary N) is 1. The van der Waals surface area contributed by atoms with Crippen LogP contribution in [0.2, 0.25) is 0 Å². The lowest BCUT2D eigenvalue weighted by molar-refractivity contribution is 0.463. The van der Waals surface area contributed by atoms with Crippen LogP contribution in [0, 0.1) is 12.7 Å². The molecule has 3 nitrogen and oxygen atoms in total. The second kappa shape index (κ2) is 5.14. The molecule has 0 saturated heterocycles. The minimum Gasteiger partial charge on any atom is -0.455 e. The molecule has 1 atom stereocenters. The maximum atomic E-state index is 13.2. The SMILES string of the molecule is Cc1ncccc1Oc1ccc(F)cc1C(C)N. The smallest absolute Gasteiger partial charge is 0.148 e. The van der Waals surface area contributed by atoms with E-state index in [-0.39, 0.29) is 11.9 Å². The number of hydrogen-bond donors (Lipinski definition) is 1. The Morgan fingerprint density at radius 2 is 2.06 bits per heavy atom. The van der Waals surface area contributed by atoms with Crippen molar-refractivity contribution >= 4 is 0 Å². The molecule has 0 amide bonds. The Hall–Kier alpha value is -1.94. The molecule has 0 bridgehead atoms. The van der Waals surface area contributed by atoms with Crippen LogP contribution in [0.5, 0.6) is 11.5 Å². The summed E-state index contributed by atoms with van der Waals surface area (Å²) in [6, 6.07) is 7.64. The summed E-state index contributed by atoms with van der Waals surface area (Å²) >= 11 is 0. The fourth-order valence-corrected chi connectivity index (χ4v) is 1.66. The lowest BCUT2D eigenvalue weighted by Crippen LogP contribution is -2.07. The minimum atomic E-state index is -0.322. The number of pyridine rings is 1. The van der Waals surface area contributed by atoms with Crippen molar-refractivity contribution in [2.24, 2.45) is 5.73 Å². The van der Waals surface area contributed by atoms with Gasteiger partial charge in [0.25, 0.3) is 0 Å². The highest BCUT2D eigenvalue weighted by atomic mass is 19.1. The Kier molecular flexibility index (Phi) is 3.58. The zero-order chi connectivity index (χ0) is 13.1. The maximum absolute atomic E-state index is 13.2. The van der Waals surface area contributed by atoms with Crippen LogP contribution >= 0.6 is 0 Å². The molecule has 2 aromatic rings. The first kappa shape index (κ1) is 12.5. The average Bonchev–Trinajstić information content (AvgIpc) is 2.34. The third-order valence-electron chi connectivity index (χ3n) is 2.64. The predicted octanol–water partition coefficient (Wildman–Crippen LogP) is 3.34. The summed E-state index contributed by atoms with van der Waals surface area (Å²) in [6.45, 7) is 3.64. The van der Waals surface area contributed by atoms with Crippen molar-refractivity contribution in [3.63, 3.8) is 0 Å². The van der Waals surface area contributed by atoms with Crippen LogP contribution in [0.3, 0.4) is 0 Å². The van der Waals surface area contributed by atoms with Gasteiger partial charge in [-0.1, -0.05) is 0 Å². The first-order chi connectivity index (χ1) is 8.58.